The summed E-state index contributed by atoms with van der Waals surface area (Å²) in [7, 11) is 0. The molecule has 1 unspecified atom stereocenters. The molecular formula is C18H16ClNO. The second-order valence-corrected chi connectivity index (χ2v) is 5.34. The number of fused-ring (bicyclic) bond motifs is 1. The topological polar surface area (TPSA) is 35.2 Å². The molecule has 0 amide bonds. The average Bonchev–Trinajstić information content (AvgIpc) is 2.52. The zero-order valence-corrected chi connectivity index (χ0v) is 12.3. The van der Waals surface area contributed by atoms with Crippen LogP contribution in [0.3, 0.4) is 0 Å². The molecule has 0 bridgehead atoms. The highest BCUT2D eigenvalue weighted by molar-refractivity contribution is 6.30. The van der Waals surface area contributed by atoms with Gasteiger partial charge in [0.2, 0.25) is 0 Å². The maximum Gasteiger partial charge on any atom is 0.136 e. The summed E-state index contributed by atoms with van der Waals surface area (Å²) in [5.41, 5.74) is 6.83. The lowest BCUT2D eigenvalue weighted by Crippen LogP contribution is -2.18. The molecule has 3 aromatic carbocycles. The van der Waals surface area contributed by atoms with Gasteiger partial charge in [-0.2, -0.15) is 0 Å². The van der Waals surface area contributed by atoms with Crippen LogP contribution in [0.15, 0.2) is 66.7 Å². The molecule has 0 aliphatic heterocycles. The summed E-state index contributed by atoms with van der Waals surface area (Å²) >= 11 is 6.03. The van der Waals surface area contributed by atoms with Gasteiger partial charge in [-0.3, -0.25) is 0 Å². The molecule has 0 aliphatic rings. The van der Waals surface area contributed by atoms with Gasteiger partial charge in [-0.25, -0.2) is 0 Å². The molecule has 0 saturated carbocycles. The first-order chi connectivity index (χ1) is 10.3. The molecule has 0 fully saturated rings. The van der Waals surface area contributed by atoms with Crippen molar-refractivity contribution >= 4 is 22.4 Å². The summed E-state index contributed by atoms with van der Waals surface area (Å²) in [5.74, 6) is 0.809. The highest BCUT2D eigenvalue weighted by atomic mass is 35.5. The normalized spacial score (nSPS) is 12.3. The number of ether oxygens (including phenoxy) is 1. The van der Waals surface area contributed by atoms with Crippen molar-refractivity contribution in [1.82, 2.24) is 0 Å². The minimum Gasteiger partial charge on any atom is -0.484 e. The van der Waals surface area contributed by atoms with Crippen LogP contribution < -0.4 is 10.5 Å². The molecule has 3 rings (SSSR count). The zero-order valence-electron chi connectivity index (χ0n) is 11.5. The summed E-state index contributed by atoms with van der Waals surface area (Å²) < 4.78 is 6.03. The van der Waals surface area contributed by atoms with Crippen LogP contribution in [-0.4, -0.2) is 6.54 Å². The van der Waals surface area contributed by atoms with Gasteiger partial charge in [-0.05, 0) is 40.6 Å². The largest absolute Gasteiger partial charge is 0.484 e. The molecule has 0 spiro atoms. The third-order valence-corrected chi connectivity index (χ3v) is 3.67. The van der Waals surface area contributed by atoms with Gasteiger partial charge in [0.1, 0.15) is 11.9 Å². The molecule has 21 heavy (non-hydrogen) atoms. The first-order valence-corrected chi connectivity index (χ1v) is 7.25. The van der Waals surface area contributed by atoms with Gasteiger partial charge < -0.3 is 10.5 Å². The Morgan fingerprint density at radius 1 is 0.905 bits per heavy atom. The van der Waals surface area contributed by atoms with Crippen molar-refractivity contribution in [3.63, 3.8) is 0 Å². The van der Waals surface area contributed by atoms with Crippen LogP contribution in [-0.2, 0) is 0 Å². The van der Waals surface area contributed by atoms with Crippen molar-refractivity contribution in [1.29, 1.82) is 0 Å². The summed E-state index contributed by atoms with van der Waals surface area (Å²) in [6.07, 6.45) is -0.204. The van der Waals surface area contributed by atoms with Gasteiger partial charge >= 0.3 is 0 Å². The maximum absolute atomic E-state index is 6.03. The number of benzene rings is 3. The Kier molecular flexibility index (Phi) is 4.09. The van der Waals surface area contributed by atoms with E-state index in [0.717, 1.165) is 16.7 Å². The van der Waals surface area contributed by atoms with Gasteiger partial charge in [0.25, 0.3) is 0 Å². The fraction of sp³-hybridized carbons (Fsp3) is 0.111. The van der Waals surface area contributed by atoms with E-state index in [1.54, 1.807) is 0 Å². The molecule has 106 valence electrons. The van der Waals surface area contributed by atoms with Gasteiger partial charge in [0.15, 0.2) is 0 Å². The van der Waals surface area contributed by atoms with Crippen molar-refractivity contribution in [2.24, 2.45) is 5.73 Å². The Balaban J connectivity index is 1.88. The molecule has 0 heterocycles. The standard InChI is InChI=1S/C18H16ClNO/c19-16-7-3-6-15(10-16)18(12-20)21-17-9-8-13-4-1-2-5-14(13)11-17/h1-11,18H,12,20H2. The van der Waals surface area contributed by atoms with E-state index in [1.165, 1.54) is 5.39 Å². The van der Waals surface area contributed by atoms with Crippen molar-refractivity contribution in [2.75, 3.05) is 6.54 Å². The summed E-state index contributed by atoms with van der Waals surface area (Å²) in [5, 5.41) is 3.03. The lowest BCUT2D eigenvalue weighted by Gasteiger charge is -2.18. The monoisotopic (exact) mass is 297 g/mol. The van der Waals surface area contributed by atoms with Crippen molar-refractivity contribution in [3.8, 4) is 5.75 Å². The smallest absolute Gasteiger partial charge is 0.136 e. The number of halogens is 1. The predicted octanol–water partition coefficient (Wildman–Crippen LogP) is 4.57. The second kappa shape index (κ2) is 6.17. The SMILES string of the molecule is NCC(Oc1ccc2ccccc2c1)c1cccc(Cl)c1. The van der Waals surface area contributed by atoms with Crippen LogP contribution >= 0.6 is 11.6 Å². The van der Waals surface area contributed by atoms with Crippen LogP contribution in [0.25, 0.3) is 10.8 Å². The third-order valence-electron chi connectivity index (χ3n) is 3.43. The van der Waals surface area contributed by atoms with Crippen molar-refractivity contribution in [3.05, 3.63) is 77.3 Å². The molecular weight excluding hydrogens is 282 g/mol. The molecule has 3 heteroatoms. The van der Waals surface area contributed by atoms with Gasteiger partial charge in [0.05, 0.1) is 0 Å². The van der Waals surface area contributed by atoms with E-state index in [0.29, 0.717) is 11.6 Å². The summed E-state index contributed by atoms with van der Waals surface area (Å²) in [6.45, 7) is 0.396. The van der Waals surface area contributed by atoms with Gasteiger partial charge in [-0.1, -0.05) is 54.1 Å². The number of hydrogen-bond acceptors (Lipinski definition) is 2. The Hall–Kier alpha value is -2.03. The zero-order chi connectivity index (χ0) is 14.7. The minimum absolute atomic E-state index is 0.204. The third kappa shape index (κ3) is 3.18. The van der Waals surface area contributed by atoms with E-state index >= 15 is 0 Å². The first kappa shape index (κ1) is 13.9. The summed E-state index contributed by atoms with van der Waals surface area (Å²) in [6, 6.07) is 21.9. The quantitative estimate of drug-likeness (QED) is 0.765. The van der Waals surface area contributed by atoms with E-state index in [9.17, 15) is 0 Å². The molecule has 0 aliphatic carbocycles. The maximum atomic E-state index is 6.03. The van der Waals surface area contributed by atoms with Crippen molar-refractivity contribution in [2.45, 2.75) is 6.10 Å². The van der Waals surface area contributed by atoms with Crippen LogP contribution in [0.1, 0.15) is 11.7 Å². The van der Waals surface area contributed by atoms with Crippen molar-refractivity contribution < 1.29 is 4.74 Å². The van der Waals surface area contributed by atoms with E-state index in [2.05, 4.69) is 18.2 Å². The number of hydrogen-bond donors (Lipinski definition) is 1. The van der Waals surface area contributed by atoms with Crippen LogP contribution in [0.5, 0.6) is 5.75 Å². The van der Waals surface area contributed by atoms with Gasteiger partial charge in [0, 0.05) is 11.6 Å². The first-order valence-electron chi connectivity index (χ1n) is 6.87. The Morgan fingerprint density at radius 2 is 1.71 bits per heavy atom. The van der Waals surface area contributed by atoms with E-state index in [-0.39, 0.29) is 6.10 Å². The molecule has 0 aromatic heterocycles. The average molecular weight is 298 g/mol. The lowest BCUT2D eigenvalue weighted by atomic mass is 10.1. The fourth-order valence-electron chi connectivity index (χ4n) is 2.36. The lowest BCUT2D eigenvalue weighted by molar-refractivity contribution is 0.214. The molecule has 1 atom stereocenters. The molecule has 3 aromatic rings. The molecule has 2 N–H and O–H groups in total. The van der Waals surface area contributed by atoms with E-state index in [4.69, 9.17) is 22.1 Å². The number of rotatable bonds is 4. The predicted molar refractivity (Wildman–Crippen MR) is 87.8 cm³/mol. The Labute approximate surface area is 129 Å². The van der Waals surface area contributed by atoms with E-state index < -0.39 is 0 Å². The second-order valence-electron chi connectivity index (χ2n) is 4.91. The van der Waals surface area contributed by atoms with Crippen LogP contribution in [0.2, 0.25) is 5.02 Å². The molecule has 2 nitrogen and oxygen atoms in total. The fourth-order valence-corrected chi connectivity index (χ4v) is 2.56. The highest BCUT2D eigenvalue weighted by Crippen LogP contribution is 2.26. The summed E-state index contributed by atoms with van der Waals surface area (Å²) in [4.78, 5) is 0. The highest BCUT2D eigenvalue weighted by Gasteiger charge is 2.12. The minimum atomic E-state index is -0.204. The van der Waals surface area contributed by atoms with Crippen LogP contribution in [0.4, 0.5) is 0 Å². The molecule has 0 radical (unpaired) electrons. The van der Waals surface area contributed by atoms with E-state index in [1.807, 2.05) is 48.5 Å². The Bertz CT molecular complexity index is 757. The number of nitrogens with two attached hydrogens (primary N) is 1. The Morgan fingerprint density at radius 3 is 2.48 bits per heavy atom. The van der Waals surface area contributed by atoms with Crippen LogP contribution in [0, 0.1) is 0 Å². The van der Waals surface area contributed by atoms with Gasteiger partial charge in [-0.15, -0.1) is 0 Å². The molecule has 0 saturated heterocycles.